The Bertz CT molecular complexity index is 683. The minimum Gasteiger partial charge on any atom is -0.463 e. The van der Waals surface area contributed by atoms with Crippen LogP contribution in [-0.2, 0) is 9.53 Å². The van der Waals surface area contributed by atoms with Crippen LogP contribution in [-0.4, -0.2) is 29.8 Å². The lowest BCUT2D eigenvalue weighted by molar-refractivity contribution is -0.137. The van der Waals surface area contributed by atoms with E-state index in [1.54, 1.807) is 36.4 Å². The summed E-state index contributed by atoms with van der Waals surface area (Å²) in [5, 5.41) is 0. The highest BCUT2D eigenvalue weighted by Gasteiger charge is 2.26. The summed E-state index contributed by atoms with van der Waals surface area (Å²) >= 11 is 0. The van der Waals surface area contributed by atoms with Crippen molar-refractivity contribution in [3.05, 3.63) is 59.5 Å². The number of furan rings is 1. The predicted molar refractivity (Wildman–Crippen MR) is 72.1 cm³/mol. The molecule has 1 aromatic carbocycles. The van der Waals surface area contributed by atoms with Crippen LogP contribution in [0.15, 0.2) is 52.1 Å². The third kappa shape index (κ3) is 2.88. The van der Waals surface area contributed by atoms with Crippen molar-refractivity contribution < 1.29 is 18.7 Å². The fourth-order valence-electron chi connectivity index (χ4n) is 1.59. The fraction of sp³-hybridized carbons (Fsp3) is 0.0714. The first-order valence-corrected chi connectivity index (χ1v) is 5.73. The molecule has 0 bridgehead atoms. The van der Waals surface area contributed by atoms with Crippen LogP contribution >= 0.6 is 0 Å². The second-order valence-electron chi connectivity index (χ2n) is 3.73. The van der Waals surface area contributed by atoms with Crippen molar-refractivity contribution in [2.75, 3.05) is 7.11 Å². The van der Waals surface area contributed by atoms with Crippen molar-refractivity contribution >= 4 is 23.6 Å². The maximum atomic E-state index is 11.5. The van der Waals surface area contributed by atoms with E-state index in [9.17, 15) is 4.79 Å². The molecule has 0 N–H and O–H groups in total. The molecule has 0 saturated carbocycles. The largest absolute Gasteiger partial charge is 0.463 e. The normalized spacial score (nSPS) is 10.2. The van der Waals surface area contributed by atoms with Gasteiger partial charge in [-0.05, 0) is 24.3 Å². The van der Waals surface area contributed by atoms with Crippen LogP contribution in [0.3, 0.4) is 0 Å². The monoisotopic (exact) mass is 269 g/mol. The summed E-state index contributed by atoms with van der Waals surface area (Å²) in [6.07, 6.45) is 3.04. The van der Waals surface area contributed by atoms with Crippen molar-refractivity contribution in [2.45, 2.75) is 0 Å². The zero-order valence-electron chi connectivity index (χ0n) is 10.7. The fourth-order valence-corrected chi connectivity index (χ4v) is 1.59. The van der Waals surface area contributed by atoms with Crippen LogP contribution in [0.1, 0.15) is 11.3 Å². The molecule has 0 saturated heterocycles. The number of aliphatic imine (C=N–C) groups is 1. The molecule has 0 unspecified atom stereocenters. The minimum absolute atomic E-state index is 0.209. The second kappa shape index (κ2) is 6.26. The number of methoxy groups -OCH3 is 1. The molecule has 0 aliphatic heterocycles. The third-order valence-electron chi connectivity index (χ3n) is 2.51. The van der Waals surface area contributed by atoms with Gasteiger partial charge in [-0.2, -0.15) is 4.79 Å². The quantitative estimate of drug-likeness (QED) is 0.369. The molecule has 6 heteroatoms. The van der Waals surface area contributed by atoms with Crippen LogP contribution in [0.5, 0.6) is 0 Å². The summed E-state index contributed by atoms with van der Waals surface area (Å²) in [5.74, 6) is -0.173. The lowest BCUT2D eigenvalue weighted by Crippen LogP contribution is -2.18. The number of benzene rings is 1. The number of para-hydroxylation sites is 1. The summed E-state index contributed by atoms with van der Waals surface area (Å²) < 4.78 is 9.69. The summed E-state index contributed by atoms with van der Waals surface area (Å²) in [7, 11) is 1.21. The molecule has 2 rings (SSSR count). The van der Waals surface area contributed by atoms with Gasteiger partial charge in [0.15, 0.2) is 0 Å². The zero-order chi connectivity index (χ0) is 14.4. The number of carbonyl (C=O) groups is 1. The van der Waals surface area contributed by atoms with E-state index in [0.29, 0.717) is 17.0 Å². The number of nitrogens with zero attached hydrogens (tertiary/aromatic N) is 3. The van der Waals surface area contributed by atoms with E-state index in [-0.39, 0.29) is 5.71 Å². The van der Waals surface area contributed by atoms with Crippen LogP contribution in [0.25, 0.3) is 5.53 Å². The molecule has 0 radical (unpaired) electrons. The van der Waals surface area contributed by atoms with Gasteiger partial charge in [-0.15, -0.1) is 0 Å². The molecule has 2 aromatic rings. The standard InChI is InChI=1S/C14H11N3O3/c1-19-14(18)13(17-15)11-6-2-3-7-12(11)16-9-10-5-4-8-20-10/h2-9H,1H3. The Morgan fingerprint density at radius 3 is 2.80 bits per heavy atom. The first-order chi connectivity index (χ1) is 9.76. The average molecular weight is 269 g/mol. The van der Waals surface area contributed by atoms with Crippen LogP contribution < -0.4 is 0 Å². The van der Waals surface area contributed by atoms with E-state index in [2.05, 4.69) is 14.5 Å². The molecule has 0 fully saturated rings. The van der Waals surface area contributed by atoms with Gasteiger partial charge in [-0.25, -0.2) is 4.79 Å². The van der Waals surface area contributed by atoms with Crippen molar-refractivity contribution in [1.29, 1.82) is 0 Å². The summed E-state index contributed by atoms with van der Waals surface area (Å²) in [6, 6.07) is 10.2. The first-order valence-electron chi connectivity index (χ1n) is 5.73. The first kappa shape index (κ1) is 13.5. The number of carbonyl (C=O) groups excluding carboxylic acids is 1. The molecule has 1 aromatic heterocycles. The third-order valence-corrected chi connectivity index (χ3v) is 2.51. The Balaban J connectivity index is 2.40. The van der Waals surface area contributed by atoms with E-state index in [1.807, 2.05) is 0 Å². The highest BCUT2D eigenvalue weighted by atomic mass is 16.5. The average Bonchev–Trinajstić information content (AvgIpc) is 3.00. The molecule has 0 spiro atoms. The lowest BCUT2D eigenvalue weighted by atomic mass is 10.1. The highest BCUT2D eigenvalue weighted by Crippen LogP contribution is 2.19. The van der Waals surface area contributed by atoms with E-state index < -0.39 is 5.97 Å². The van der Waals surface area contributed by atoms with Crippen molar-refractivity contribution in [1.82, 2.24) is 0 Å². The van der Waals surface area contributed by atoms with E-state index >= 15 is 0 Å². The van der Waals surface area contributed by atoms with Crippen LogP contribution in [0.2, 0.25) is 0 Å². The van der Waals surface area contributed by atoms with Gasteiger partial charge < -0.3 is 14.7 Å². The van der Waals surface area contributed by atoms with Gasteiger partial charge >= 0.3 is 11.7 Å². The molecular weight excluding hydrogens is 258 g/mol. The van der Waals surface area contributed by atoms with Gasteiger partial charge in [0.2, 0.25) is 0 Å². The number of hydrogen-bond donors (Lipinski definition) is 0. The van der Waals surface area contributed by atoms with Crippen molar-refractivity contribution in [3.63, 3.8) is 0 Å². The van der Waals surface area contributed by atoms with Gasteiger partial charge in [0.1, 0.15) is 5.76 Å². The Kier molecular flexibility index (Phi) is 4.21. The minimum atomic E-state index is -0.742. The summed E-state index contributed by atoms with van der Waals surface area (Å²) in [5.41, 5.74) is 9.59. The van der Waals surface area contributed by atoms with Crippen molar-refractivity contribution in [2.24, 2.45) is 4.99 Å². The topological polar surface area (TPSA) is 88.2 Å². The number of esters is 1. The van der Waals surface area contributed by atoms with Crippen LogP contribution in [0.4, 0.5) is 5.69 Å². The summed E-state index contributed by atoms with van der Waals surface area (Å²) in [4.78, 5) is 18.7. The molecule has 0 atom stereocenters. The predicted octanol–water partition coefficient (Wildman–Crippen LogP) is 2.22. The van der Waals surface area contributed by atoms with Gasteiger partial charge in [-0.1, -0.05) is 12.1 Å². The molecular formula is C14H11N3O3. The Hall–Kier alpha value is -2.98. The smallest absolute Gasteiger partial charge is 0.422 e. The van der Waals surface area contributed by atoms with Gasteiger partial charge in [0.25, 0.3) is 0 Å². The van der Waals surface area contributed by atoms with E-state index in [1.165, 1.54) is 19.6 Å². The van der Waals surface area contributed by atoms with Gasteiger partial charge in [0.05, 0.1) is 30.8 Å². The van der Waals surface area contributed by atoms with Gasteiger partial charge in [-0.3, -0.25) is 4.99 Å². The van der Waals surface area contributed by atoms with Crippen molar-refractivity contribution in [3.8, 4) is 0 Å². The lowest BCUT2D eigenvalue weighted by Gasteiger charge is -1.99. The summed E-state index contributed by atoms with van der Waals surface area (Å²) in [6.45, 7) is 0. The SMILES string of the molecule is COC(=O)C(=[N+]=[N-])c1ccccc1N=Cc1ccco1. The molecule has 0 aliphatic carbocycles. The molecule has 0 amide bonds. The molecule has 20 heavy (non-hydrogen) atoms. The number of hydrogen-bond acceptors (Lipinski definition) is 4. The second-order valence-corrected chi connectivity index (χ2v) is 3.73. The van der Waals surface area contributed by atoms with Crippen LogP contribution in [0, 0.1) is 0 Å². The maximum absolute atomic E-state index is 11.5. The molecule has 6 nitrogen and oxygen atoms in total. The number of rotatable bonds is 4. The highest BCUT2D eigenvalue weighted by molar-refractivity contribution is 6.41. The number of ether oxygens (including phenoxy) is 1. The maximum Gasteiger partial charge on any atom is 0.422 e. The zero-order valence-corrected chi connectivity index (χ0v) is 10.7. The molecule has 100 valence electrons. The Morgan fingerprint density at radius 1 is 1.35 bits per heavy atom. The molecule has 0 aliphatic rings. The Labute approximate surface area is 114 Å². The van der Waals surface area contributed by atoms with E-state index in [0.717, 1.165) is 0 Å². The Morgan fingerprint density at radius 2 is 2.15 bits per heavy atom. The van der Waals surface area contributed by atoms with Gasteiger partial charge in [0, 0.05) is 0 Å². The van der Waals surface area contributed by atoms with E-state index in [4.69, 9.17) is 9.95 Å². The molecule has 1 heterocycles.